The van der Waals surface area contributed by atoms with E-state index in [1.807, 2.05) is 0 Å². The quantitative estimate of drug-likeness (QED) is 0.587. The number of aromatic amines is 1. The van der Waals surface area contributed by atoms with Gasteiger partial charge in [-0.3, -0.25) is 14.2 Å². The zero-order valence-corrected chi connectivity index (χ0v) is 7.25. The van der Waals surface area contributed by atoms with Crippen LogP contribution in [-0.2, 0) is 11.8 Å². The lowest BCUT2D eigenvalue weighted by atomic mass is 10.5. The van der Waals surface area contributed by atoms with Gasteiger partial charge in [0, 0.05) is 20.2 Å². The topological polar surface area (TPSA) is 84.0 Å². The zero-order chi connectivity index (χ0) is 10.0. The Bertz CT molecular complexity index is 443. The highest BCUT2D eigenvalue weighted by Gasteiger charge is 2.04. The number of H-pyrrole nitrogens is 1. The van der Waals surface area contributed by atoms with Gasteiger partial charge in [-0.25, -0.2) is 4.79 Å². The smallest absolute Gasteiger partial charge is 0.321 e. The van der Waals surface area contributed by atoms with Crippen LogP contribution in [0.1, 0.15) is 6.92 Å². The first-order valence-corrected chi connectivity index (χ1v) is 3.58. The van der Waals surface area contributed by atoms with Gasteiger partial charge in [0.2, 0.25) is 5.91 Å². The summed E-state index contributed by atoms with van der Waals surface area (Å²) in [6, 6.07) is 0. The van der Waals surface area contributed by atoms with Gasteiger partial charge in [0.15, 0.2) is 0 Å². The van der Waals surface area contributed by atoms with E-state index in [0.717, 1.165) is 4.57 Å². The maximum absolute atomic E-state index is 11.3. The van der Waals surface area contributed by atoms with Crippen LogP contribution >= 0.6 is 0 Å². The van der Waals surface area contributed by atoms with E-state index in [1.54, 1.807) is 0 Å². The standard InChI is InChI=1S/C7H9N3O3/c1-4(11)9-5-3-8-7(13)10(2)6(5)12/h3H,1-2H3,(H,8,13)(H,9,11). The second kappa shape index (κ2) is 3.26. The molecule has 0 atom stereocenters. The van der Waals surface area contributed by atoms with Crippen molar-refractivity contribution in [2.75, 3.05) is 5.32 Å². The Morgan fingerprint density at radius 1 is 1.54 bits per heavy atom. The third-order valence-electron chi connectivity index (χ3n) is 1.49. The highest BCUT2D eigenvalue weighted by molar-refractivity contribution is 5.88. The number of hydrogen-bond acceptors (Lipinski definition) is 3. The summed E-state index contributed by atoms with van der Waals surface area (Å²) in [6.45, 7) is 1.28. The summed E-state index contributed by atoms with van der Waals surface area (Å²) in [7, 11) is 1.33. The average molecular weight is 183 g/mol. The molecule has 0 unspecified atom stereocenters. The van der Waals surface area contributed by atoms with Crippen molar-refractivity contribution >= 4 is 11.6 Å². The predicted molar refractivity (Wildman–Crippen MR) is 46.6 cm³/mol. The number of carbonyl (C=O) groups is 1. The van der Waals surface area contributed by atoms with Gasteiger partial charge in [0.1, 0.15) is 5.69 Å². The van der Waals surface area contributed by atoms with Crippen LogP contribution in [0.15, 0.2) is 15.8 Å². The Morgan fingerprint density at radius 2 is 2.15 bits per heavy atom. The van der Waals surface area contributed by atoms with Crippen molar-refractivity contribution in [3.05, 3.63) is 27.0 Å². The molecule has 0 aliphatic heterocycles. The summed E-state index contributed by atoms with van der Waals surface area (Å²) < 4.78 is 0.880. The van der Waals surface area contributed by atoms with Gasteiger partial charge in [0.05, 0.1) is 0 Å². The molecule has 6 heteroatoms. The van der Waals surface area contributed by atoms with Crippen LogP contribution in [0.2, 0.25) is 0 Å². The molecule has 1 heterocycles. The lowest BCUT2D eigenvalue weighted by Gasteiger charge is -2.01. The molecule has 1 aromatic rings. The first kappa shape index (κ1) is 9.24. The number of hydrogen-bond donors (Lipinski definition) is 2. The van der Waals surface area contributed by atoms with Gasteiger partial charge in [-0.2, -0.15) is 0 Å². The molecule has 0 spiro atoms. The average Bonchev–Trinajstić information content (AvgIpc) is 2.06. The summed E-state index contributed by atoms with van der Waals surface area (Å²) in [4.78, 5) is 35.0. The second-order valence-electron chi connectivity index (χ2n) is 2.55. The first-order chi connectivity index (χ1) is 6.02. The largest absolute Gasteiger partial charge is 0.328 e. The first-order valence-electron chi connectivity index (χ1n) is 3.58. The lowest BCUT2D eigenvalue weighted by molar-refractivity contribution is -0.114. The molecule has 1 amide bonds. The molecular formula is C7H9N3O3. The maximum atomic E-state index is 11.3. The fourth-order valence-electron chi connectivity index (χ4n) is 0.845. The molecule has 2 N–H and O–H groups in total. The van der Waals surface area contributed by atoms with Gasteiger partial charge in [-0.05, 0) is 0 Å². The van der Waals surface area contributed by atoms with Crippen LogP contribution in [-0.4, -0.2) is 15.5 Å². The van der Waals surface area contributed by atoms with E-state index in [1.165, 1.54) is 20.2 Å². The van der Waals surface area contributed by atoms with Crippen molar-refractivity contribution in [3.8, 4) is 0 Å². The monoisotopic (exact) mass is 183 g/mol. The Morgan fingerprint density at radius 3 is 2.69 bits per heavy atom. The Labute approximate surface area is 73.2 Å². The molecule has 0 fully saturated rings. The van der Waals surface area contributed by atoms with Crippen molar-refractivity contribution in [2.24, 2.45) is 7.05 Å². The van der Waals surface area contributed by atoms with E-state index in [4.69, 9.17) is 0 Å². The van der Waals surface area contributed by atoms with Crippen LogP contribution in [0.4, 0.5) is 5.69 Å². The van der Waals surface area contributed by atoms with Crippen molar-refractivity contribution < 1.29 is 4.79 Å². The van der Waals surface area contributed by atoms with E-state index in [0.29, 0.717) is 0 Å². The predicted octanol–water partition coefficient (Wildman–Crippen LogP) is -0.968. The Kier molecular flexibility index (Phi) is 2.32. The highest BCUT2D eigenvalue weighted by atomic mass is 16.2. The van der Waals surface area contributed by atoms with Crippen molar-refractivity contribution in [2.45, 2.75) is 6.92 Å². The molecule has 0 aromatic carbocycles. The van der Waals surface area contributed by atoms with Crippen molar-refractivity contribution in [1.29, 1.82) is 0 Å². The third-order valence-corrected chi connectivity index (χ3v) is 1.49. The van der Waals surface area contributed by atoms with E-state index in [2.05, 4.69) is 10.3 Å². The van der Waals surface area contributed by atoms with Gasteiger partial charge >= 0.3 is 5.69 Å². The minimum Gasteiger partial charge on any atom is -0.321 e. The fourth-order valence-corrected chi connectivity index (χ4v) is 0.845. The van der Waals surface area contributed by atoms with Crippen LogP contribution < -0.4 is 16.6 Å². The van der Waals surface area contributed by atoms with E-state index < -0.39 is 11.2 Å². The normalized spacial score (nSPS) is 9.69. The second-order valence-corrected chi connectivity index (χ2v) is 2.55. The molecule has 1 aromatic heterocycles. The van der Waals surface area contributed by atoms with Gasteiger partial charge < -0.3 is 10.3 Å². The Balaban J connectivity index is 3.27. The number of rotatable bonds is 1. The van der Waals surface area contributed by atoms with Crippen molar-refractivity contribution in [3.63, 3.8) is 0 Å². The molecule has 70 valence electrons. The molecule has 0 aliphatic carbocycles. The molecule has 13 heavy (non-hydrogen) atoms. The Hall–Kier alpha value is -1.85. The SMILES string of the molecule is CC(=O)Nc1c[nH]c(=O)n(C)c1=O. The zero-order valence-electron chi connectivity index (χ0n) is 7.25. The number of nitrogens with zero attached hydrogens (tertiary/aromatic N) is 1. The van der Waals surface area contributed by atoms with Gasteiger partial charge in [-0.15, -0.1) is 0 Å². The molecule has 1 rings (SSSR count). The minimum atomic E-state index is -0.529. The summed E-state index contributed by atoms with van der Waals surface area (Å²) in [5, 5.41) is 2.30. The highest BCUT2D eigenvalue weighted by Crippen LogP contribution is 1.91. The number of nitrogens with one attached hydrogen (secondary N) is 2. The lowest BCUT2D eigenvalue weighted by Crippen LogP contribution is -2.34. The molecule has 0 saturated carbocycles. The van der Waals surface area contributed by atoms with Crippen LogP contribution in [0, 0.1) is 0 Å². The maximum Gasteiger partial charge on any atom is 0.328 e. The number of amides is 1. The van der Waals surface area contributed by atoms with Gasteiger partial charge in [-0.1, -0.05) is 0 Å². The number of aromatic nitrogens is 2. The van der Waals surface area contributed by atoms with Crippen LogP contribution in [0.5, 0.6) is 0 Å². The summed E-state index contributed by atoms with van der Waals surface area (Å²) in [5.74, 6) is -0.357. The molecule has 0 radical (unpaired) electrons. The van der Waals surface area contributed by atoms with E-state index >= 15 is 0 Å². The third kappa shape index (κ3) is 1.84. The minimum absolute atomic E-state index is 0.0644. The molecular weight excluding hydrogens is 174 g/mol. The summed E-state index contributed by atoms with van der Waals surface area (Å²) in [5.41, 5.74) is -0.979. The number of carbonyl (C=O) groups excluding carboxylic acids is 1. The van der Waals surface area contributed by atoms with Crippen molar-refractivity contribution in [1.82, 2.24) is 9.55 Å². The molecule has 0 saturated heterocycles. The molecule has 0 bridgehead atoms. The van der Waals surface area contributed by atoms with Crippen LogP contribution in [0.3, 0.4) is 0 Å². The van der Waals surface area contributed by atoms with E-state index in [9.17, 15) is 14.4 Å². The van der Waals surface area contributed by atoms with Crippen LogP contribution in [0.25, 0.3) is 0 Å². The fraction of sp³-hybridized carbons (Fsp3) is 0.286. The molecule has 0 aliphatic rings. The summed E-state index contributed by atoms with van der Waals surface area (Å²) in [6.07, 6.45) is 1.17. The van der Waals surface area contributed by atoms with Gasteiger partial charge in [0.25, 0.3) is 5.56 Å². The summed E-state index contributed by atoms with van der Waals surface area (Å²) >= 11 is 0. The van der Waals surface area contributed by atoms with E-state index in [-0.39, 0.29) is 11.6 Å². The number of anilines is 1. The molecule has 6 nitrogen and oxygen atoms in total.